The fraction of sp³-hybridized carbons (Fsp3) is 0.381. The molecule has 1 atom stereocenters. The molecule has 0 aliphatic carbocycles. The van der Waals surface area contributed by atoms with Gasteiger partial charge >= 0.3 is 0 Å². The van der Waals surface area contributed by atoms with E-state index in [0.717, 1.165) is 30.9 Å². The molecule has 0 saturated carbocycles. The first-order valence-electron chi connectivity index (χ1n) is 9.30. The van der Waals surface area contributed by atoms with Gasteiger partial charge in [-0.15, -0.1) is 0 Å². The number of halogens is 1. The minimum absolute atomic E-state index is 0.110. The van der Waals surface area contributed by atoms with Crippen LogP contribution in [0.4, 0.5) is 10.1 Å². The highest BCUT2D eigenvalue weighted by molar-refractivity contribution is 7.80. The molecule has 27 heavy (non-hydrogen) atoms. The molecule has 0 spiro atoms. The van der Waals surface area contributed by atoms with Crippen LogP contribution in [0.1, 0.15) is 25.3 Å². The molecule has 0 bridgehead atoms. The van der Waals surface area contributed by atoms with Gasteiger partial charge in [-0.3, -0.25) is 0 Å². The highest BCUT2D eigenvalue weighted by Crippen LogP contribution is 2.25. The summed E-state index contributed by atoms with van der Waals surface area (Å²) in [6, 6.07) is 14.5. The Kier molecular flexibility index (Phi) is 7.01. The molecule has 4 nitrogen and oxygen atoms in total. The van der Waals surface area contributed by atoms with E-state index in [1.165, 1.54) is 6.07 Å². The number of nitrogens with one attached hydrogen (secondary N) is 1. The third kappa shape index (κ3) is 5.40. The second-order valence-corrected chi connectivity index (χ2v) is 6.85. The summed E-state index contributed by atoms with van der Waals surface area (Å²) in [5.74, 6) is 0.512. The second-order valence-electron chi connectivity index (χ2n) is 6.47. The minimum Gasteiger partial charge on any atom is -0.492 e. The van der Waals surface area contributed by atoms with Gasteiger partial charge in [-0.05, 0) is 50.2 Å². The Hall–Kier alpha value is -2.18. The summed E-state index contributed by atoms with van der Waals surface area (Å²) in [7, 11) is 0. The second kappa shape index (κ2) is 9.67. The van der Waals surface area contributed by atoms with Crippen molar-refractivity contribution >= 4 is 23.0 Å². The van der Waals surface area contributed by atoms with E-state index in [1.54, 1.807) is 12.1 Å². The Morgan fingerprint density at radius 3 is 2.78 bits per heavy atom. The molecular formula is C21H25FN2O2S. The summed E-state index contributed by atoms with van der Waals surface area (Å²) < 4.78 is 25.6. The molecule has 6 heteroatoms. The molecule has 1 fully saturated rings. The zero-order valence-corrected chi connectivity index (χ0v) is 16.3. The molecule has 0 radical (unpaired) electrons. The maximum atomic E-state index is 14.2. The van der Waals surface area contributed by atoms with Crippen molar-refractivity contribution in [3.8, 4) is 5.75 Å². The highest BCUT2D eigenvalue weighted by atomic mass is 32.1. The number of hydrogen-bond donors (Lipinski definition) is 1. The fourth-order valence-corrected chi connectivity index (χ4v) is 3.38. The van der Waals surface area contributed by atoms with Gasteiger partial charge in [0.15, 0.2) is 5.11 Å². The maximum absolute atomic E-state index is 14.2. The third-order valence-electron chi connectivity index (χ3n) is 4.48. The first-order chi connectivity index (χ1) is 13.2. The van der Waals surface area contributed by atoms with Crippen LogP contribution in [-0.4, -0.2) is 35.9 Å². The van der Waals surface area contributed by atoms with Crippen LogP contribution in [0.5, 0.6) is 5.75 Å². The normalized spacial score (nSPS) is 16.1. The molecule has 2 aromatic rings. The summed E-state index contributed by atoms with van der Waals surface area (Å²) >= 11 is 5.66. The lowest BCUT2D eigenvalue weighted by Crippen LogP contribution is -2.39. The number of nitrogens with zero attached hydrogens (tertiary/aromatic N) is 1. The zero-order valence-electron chi connectivity index (χ0n) is 15.5. The lowest BCUT2D eigenvalue weighted by Gasteiger charge is -2.29. The van der Waals surface area contributed by atoms with Crippen LogP contribution in [0.3, 0.4) is 0 Å². The molecule has 1 aliphatic heterocycles. The summed E-state index contributed by atoms with van der Waals surface area (Å²) in [6.45, 7) is 4.29. The predicted octanol–water partition coefficient (Wildman–Crippen LogP) is 4.60. The van der Waals surface area contributed by atoms with Crippen molar-refractivity contribution < 1.29 is 13.9 Å². The van der Waals surface area contributed by atoms with E-state index in [9.17, 15) is 4.39 Å². The zero-order chi connectivity index (χ0) is 19.1. The molecule has 144 valence electrons. The van der Waals surface area contributed by atoms with Crippen molar-refractivity contribution in [1.82, 2.24) is 4.90 Å². The summed E-state index contributed by atoms with van der Waals surface area (Å²) in [5.41, 5.74) is 1.41. The van der Waals surface area contributed by atoms with Crippen LogP contribution in [0, 0.1) is 5.82 Å². The SMILES string of the molecule is CCOc1ccccc1NC(=S)N(Cc1ccccc1F)CC1CCCO1. The van der Waals surface area contributed by atoms with Crippen LogP contribution < -0.4 is 10.1 Å². The minimum atomic E-state index is -0.229. The Morgan fingerprint density at radius 1 is 1.26 bits per heavy atom. The Labute approximate surface area is 165 Å². The number of hydrogen-bond acceptors (Lipinski definition) is 3. The lowest BCUT2D eigenvalue weighted by molar-refractivity contribution is 0.0903. The number of rotatable bonds is 7. The van der Waals surface area contributed by atoms with Crippen LogP contribution in [0.25, 0.3) is 0 Å². The van der Waals surface area contributed by atoms with Crippen molar-refractivity contribution in [2.45, 2.75) is 32.4 Å². The van der Waals surface area contributed by atoms with Crippen molar-refractivity contribution in [3.05, 3.63) is 59.9 Å². The summed E-state index contributed by atoms with van der Waals surface area (Å²) in [6.07, 6.45) is 2.15. The van der Waals surface area contributed by atoms with E-state index < -0.39 is 0 Å². The van der Waals surface area contributed by atoms with Gasteiger partial charge in [0.1, 0.15) is 11.6 Å². The van der Waals surface area contributed by atoms with Gasteiger partial charge in [0.2, 0.25) is 0 Å². The first-order valence-corrected chi connectivity index (χ1v) is 9.71. The molecule has 1 aliphatic rings. The Balaban J connectivity index is 1.76. The van der Waals surface area contributed by atoms with Crippen molar-refractivity contribution in [2.75, 3.05) is 25.1 Å². The van der Waals surface area contributed by atoms with Crippen LogP contribution in [0.2, 0.25) is 0 Å². The van der Waals surface area contributed by atoms with E-state index in [4.69, 9.17) is 21.7 Å². The van der Waals surface area contributed by atoms with Gasteiger partial charge in [0, 0.05) is 25.3 Å². The molecule has 3 rings (SSSR count). The van der Waals surface area contributed by atoms with Gasteiger partial charge in [-0.2, -0.15) is 0 Å². The molecule has 1 saturated heterocycles. The monoisotopic (exact) mass is 388 g/mol. The molecule has 0 amide bonds. The van der Waals surface area contributed by atoms with Crippen LogP contribution in [-0.2, 0) is 11.3 Å². The maximum Gasteiger partial charge on any atom is 0.173 e. The number of thiocarbonyl (C=S) groups is 1. The fourth-order valence-electron chi connectivity index (χ4n) is 3.13. The molecule has 0 aromatic heterocycles. The quantitative estimate of drug-likeness (QED) is 0.701. The van der Waals surface area contributed by atoms with Gasteiger partial charge < -0.3 is 19.7 Å². The van der Waals surface area contributed by atoms with Gasteiger partial charge in [0.05, 0.1) is 18.4 Å². The van der Waals surface area contributed by atoms with Gasteiger partial charge in [-0.1, -0.05) is 30.3 Å². The van der Waals surface area contributed by atoms with Crippen molar-refractivity contribution in [2.24, 2.45) is 0 Å². The van der Waals surface area contributed by atoms with E-state index >= 15 is 0 Å². The van der Waals surface area contributed by atoms with Crippen LogP contribution >= 0.6 is 12.2 Å². The van der Waals surface area contributed by atoms with Crippen LogP contribution in [0.15, 0.2) is 48.5 Å². The summed E-state index contributed by atoms with van der Waals surface area (Å²) in [4.78, 5) is 1.96. The third-order valence-corrected chi connectivity index (χ3v) is 4.84. The molecular weight excluding hydrogens is 363 g/mol. The van der Waals surface area contributed by atoms with Crippen molar-refractivity contribution in [3.63, 3.8) is 0 Å². The molecule has 2 aromatic carbocycles. The van der Waals surface area contributed by atoms with E-state index in [1.807, 2.05) is 42.2 Å². The predicted molar refractivity (Wildman–Crippen MR) is 110 cm³/mol. The van der Waals surface area contributed by atoms with E-state index in [0.29, 0.717) is 30.4 Å². The number of anilines is 1. The van der Waals surface area contributed by atoms with E-state index in [-0.39, 0.29) is 11.9 Å². The van der Waals surface area contributed by atoms with Crippen molar-refractivity contribution in [1.29, 1.82) is 0 Å². The largest absolute Gasteiger partial charge is 0.492 e. The average Bonchev–Trinajstić information content (AvgIpc) is 3.18. The summed E-state index contributed by atoms with van der Waals surface area (Å²) in [5, 5.41) is 3.79. The average molecular weight is 389 g/mol. The van der Waals surface area contributed by atoms with E-state index in [2.05, 4.69) is 5.32 Å². The smallest absolute Gasteiger partial charge is 0.173 e. The number of benzene rings is 2. The number of ether oxygens (including phenoxy) is 2. The Morgan fingerprint density at radius 2 is 2.04 bits per heavy atom. The number of para-hydroxylation sites is 2. The van der Waals surface area contributed by atoms with Gasteiger partial charge in [0.25, 0.3) is 0 Å². The highest BCUT2D eigenvalue weighted by Gasteiger charge is 2.22. The topological polar surface area (TPSA) is 33.7 Å². The van der Waals surface area contributed by atoms with Gasteiger partial charge in [-0.25, -0.2) is 4.39 Å². The Bertz CT molecular complexity index is 765. The molecule has 1 unspecified atom stereocenters. The standard InChI is InChI=1S/C21H25FN2O2S/c1-2-25-20-12-6-5-11-19(20)23-21(27)24(15-17-9-7-13-26-17)14-16-8-3-4-10-18(16)22/h3-6,8,10-12,17H,2,7,9,13-15H2,1H3,(H,23,27). The molecule has 1 N–H and O–H groups in total. The lowest BCUT2D eigenvalue weighted by atomic mass is 10.2. The molecule has 1 heterocycles. The first kappa shape index (κ1) is 19.6.